The first-order chi connectivity index (χ1) is 13.6. The van der Waals surface area contributed by atoms with Crippen molar-refractivity contribution in [3.63, 3.8) is 0 Å². The first-order valence-electron chi connectivity index (χ1n) is 9.87. The zero-order valence-electron chi connectivity index (χ0n) is 17.2. The third-order valence-corrected chi connectivity index (χ3v) is 6.22. The van der Waals surface area contributed by atoms with Crippen molar-refractivity contribution in [2.45, 2.75) is 56.4 Å². The number of hydrogen-bond acceptors (Lipinski definition) is 5. The Balaban J connectivity index is 2.11. The first kappa shape index (κ1) is 22.9. The Morgan fingerprint density at radius 2 is 1.93 bits per heavy atom. The molecule has 1 saturated heterocycles. The van der Waals surface area contributed by atoms with Crippen LogP contribution < -0.4 is 5.32 Å². The van der Waals surface area contributed by atoms with Crippen LogP contribution in [-0.4, -0.2) is 50.5 Å². The van der Waals surface area contributed by atoms with Crippen molar-refractivity contribution < 1.29 is 18.0 Å². The molecule has 0 spiro atoms. The average molecular weight is 420 g/mol. The van der Waals surface area contributed by atoms with E-state index < -0.39 is 21.8 Å². The van der Waals surface area contributed by atoms with Gasteiger partial charge in [-0.25, -0.2) is 8.42 Å². The molecule has 29 heavy (non-hydrogen) atoms. The Labute approximate surface area is 173 Å². The maximum absolute atomic E-state index is 13.1. The summed E-state index contributed by atoms with van der Waals surface area (Å²) in [5, 5.41) is 11.4. The predicted octanol–water partition coefficient (Wildman–Crippen LogP) is 2.24. The quantitative estimate of drug-likeness (QED) is 0.729. The summed E-state index contributed by atoms with van der Waals surface area (Å²) in [7, 11) is -3.24. The number of sulfone groups is 1. The second-order valence-electron chi connectivity index (χ2n) is 8.05. The Bertz CT molecular complexity index is 872. The van der Waals surface area contributed by atoms with Crippen molar-refractivity contribution in [3.8, 4) is 6.07 Å². The Hall–Kier alpha value is -2.40. The lowest BCUT2D eigenvalue weighted by Crippen LogP contribution is -2.51. The fourth-order valence-corrected chi connectivity index (χ4v) is 4.30. The van der Waals surface area contributed by atoms with Gasteiger partial charge >= 0.3 is 0 Å². The Morgan fingerprint density at radius 1 is 1.28 bits per heavy atom. The molecule has 2 atom stereocenters. The van der Waals surface area contributed by atoms with Crippen LogP contribution in [0.2, 0.25) is 0 Å². The molecule has 0 aliphatic carbocycles. The Kier molecular flexibility index (Phi) is 7.80. The van der Waals surface area contributed by atoms with Crippen LogP contribution in [0.5, 0.6) is 0 Å². The molecule has 0 bridgehead atoms. The van der Waals surface area contributed by atoms with Crippen molar-refractivity contribution in [1.29, 1.82) is 5.26 Å². The number of nitrogens with zero attached hydrogens (tertiary/aromatic N) is 2. The zero-order chi connectivity index (χ0) is 21.6. The maximum Gasteiger partial charge on any atom is 0.245 e. The molecule has 0 saturated carbocycles. The van der Waals surface area contributed by atoms with Crippen LogP contribution in [-0.2, 0) is 19.4 Å². The lowest BCUT2D eigenvalue weighted by atomic mass is 9.90. The highest BCUT2D eigenvalue weighted by Gasteiger charge is 2.31. The number of carbonyl (C=O) groups is 2. The van der Waals surface area contributed by atoms with Gasteiger partial charge in [0.15, 0.2) is 9.84 Å². The summed E-state index contributed by atoms with van der Waals surface area (Å²) in [4.78, 5) is 27.0. The molecule has 2 unspecified atom stereocenters. The third kappa shape index (κ3) is 6.57. The lowest BCUT2D eigenvalue weighted by molar-refractivity contribution is -0.137. The van der Waals surface area contributed by atoms with Crippen LogP contribution in [0.25, 0.3) is 0 Å². The molecular formula is C21H29N3O4S. The topological polar surface area (TPSA) is 107 Å². The molecule has 1 fully saturated rings. The number of rotatable bonds is 7. The normalized spacial score (nSPS) is 18.2. The zero-order valence-corrected chi connectivity index (χ0v) is 18.0. The summed E-state index contributed by atoms with van der Waals surface area (Å²) in [6.45, 7) is 5.12. The van der Waals surface area contributed by atoms with E-state index in [2.05, 4.69) is 5.32 Å². The van der Waals surface area contributed by atoms with Crippen LogP contribution in [0, 0.1) is 17.2 Å². The monoisotopic (exact) mass is 419 g/mol. The number of amides is 2. The minimum Gasteiger partial charge on any atom is -0.343 e. The van der Waals surface area contributed by atoms with E-state index in [4.69, 9.17) is 5.26 Å². The molecule has 7 nitrogen and oxygen atoms in total. The number of likely N-dealkylation sites (tertiary alicyclic amines) is 1. The molecule has 2 rings (SSSR count). The van der Waals surface area contributed by atoms with Crippen molar-refractivity contribution in [2.75, 3.05) is 19.3 Å². The van der Waals surface area contributed by atoms with Gasteiger partial charge in [-0.3, -0.25) is 9.59 Å². The van der Waals surface area contributed by atoms with Gasteiger partial charge < -0.3 is 10.2 Å². The van der Waals surface area contributed by atoms with Crippen molar-refractivity contribution in [1.82, 2.24) is 10.2 Å². The third-order valence-electron chi connectivity index (χ3n) is 5.09. The Morgan fingerprint density at radius 3 is 2.48 bits per heavy atom. The molecule has 0 radical (unpaired) electrons. The first-order valence-corrected chi connectivity index (χ1v) is 11.8. The van der Waals surface area contributed by atoms with Crippen molar-refractivity contribution in [3.05, 3.63) is 29.8 Å². The number of carbonyl (C=O) groups excluding carboxylic acids is 2. The smallest absolute Gasteiger partial charge is 0.245 e. The van der Waals surface area contributed by atoms with Gasteiger partial charge in [0.1, 0.15) is 12.5 Å². The SMILES string of the molecule is CC(C)CC(NC(=O)CC#N)C(=O)N1CCCC(c2ccc(S(C)(=O)=O)cc2)C1. The van der Waals surface area contributed by atoms with Crippen LogP contribution in [0.1, 0.15) is 51.0 Å². The summed E-state index contributed by atoms with van der Waals surface area (Å²) >= 11 is 0. The van der Waals surface area contributed by atoms with Crippen molar-refractivity contribution >= 4 is 21.7 Å². The molecular weight excluding hydrogens is 390 g/mol. The number of benzene rings is 1. The second kappa shape index (κ2) is 9.88. The van der Waals surface area contributed by atoms with Crippen molar-refractivity contribution in [2.24, 2.45) is 5.92 Å². The van der Waals surface area contributed by atoms with Gasteiger partial charge in [0.05, 0.1) is 11.0 Å². The molecule has 1 aromatic carbocycles. The van der Waals surface area contributed by atoms with Gasteiger partial charge in [-0.05, 0) is 42.9 Å². The number of nitrogens with one attached hydrogen (secondary N) is 1. The number of hydrogen-bond donors (Lipinski definition) is 1. The van der Waals surface area contributed by atoms with Gasteiger partial charge in [0.2, 0.25) is 11.8 Å². The molecule has 158 valence electrons. The predicted molar refractivity (Wildman–Crippen MR) is 110 cm³/mol. The van der Waals surface area contributed by atoms with Gasteiger partial charge in [-0.1, -0.05) is 26.0 Å². The standard InChI is InChI=1S/C21H29N3O4S/c1-15(2)13-19(23-20(25)10-11-22)21(26)24-12-4-5-17(14-24)16-6-8-18(9-7-16)29(3,27)28/h6-9,15,17,19H,4-5,10,12-14H2,1-3H3,(H,23,25). The van der Waals surface area contributed by atoms with E-state index in [1.165, 1.54) is 6.26 Å². The van der Waals surface area contributed by atoms with Crippen LogP contribution in [0.3, 0.4) is 0 Å². The highest BCUT2D eigenvalue weighted by molar-refractivity contribution is 7.90. The van der Waals surface area contributed by atoms with Crippen LogP contribution in [0.4, 0.5) is 0 Å². The van der Waals surface area contributed by atoms with E-state index in [0.717, 1.165) is 18.4 Å². The molecule has 1 aliphatic heterocycles. The largest absolute Gasteiger partial charge is 0.343 e. The summed E-state index contributed by atoms with van der Waals surface area (Å²) in [6.07, 6.45) is 3.18. The van der Waals surface area contributed by atoms with E-state index in [1.54, 1.807) is 17.0 Å². The number of nitriles is 1. The summed E-state index contributed by atoms with van der Waals surface area (Å²) in [5.74, 6) is -0.217. The maximum atomic E-state index is 13.1. The summed E-state index contributed by atoms with van der Waals surface area (Å²) < 4.78 is 23.3. The summed E-state index contributed by atoms with van der Waals surface area (Å²) in [5.41, 5.74) is 1.00. The summed E-state index contributed by atoms with van der Waals surface area (Å²) in [6, 6.07) is 8.01. The van der Waals surface area contributed by atoms with E-state index in [0.29, 0.717) is 19.5 Å². The molecule has 1 aliphatic rings. The second-order valence-corrected chi connectivity index (χ2v) is 10.1. The average Bonchev–Trinajstić information content (AvgIpc) is 2.66. The highest BCUT2D eigenvalue weighted by atomic mass is 32.2. The fourth-order valence-electron chi connectivity index (χ4n) is 3.67. The van der Waals surface area contributed by atoms with Gasteiger partial charge in [0.25, 0.3) is 0 Å². The lowest BCUT2D eigenvalue weighted by Gasteiger charge is -2.35. The fraction of sp³-hybridized carbons (Fsp3) is 0.571. The molecule has 8 heteroatoms. The van der Waals surface area contributed by atoms with Crippen LogP contribution in [0.15, 0.2) is 29.2 Å². The van der Waals surface area contributed by atoms with E-state index in [1.807, 2.05) is 32.0 Å². The van der Waals surface area contributed by atoms with E-state index in [9.17, 15) is 18.0 Å². The van der Waals surface area contributed by atoms with Gasteiger partial charge in [-0.15, -0.1) is 0 Å². The molecule has 1 aromatic rings. The van der Waals surface area contributed by atoms with E-state index >= 15 is 0 Å². The van der Waals surface area contributed by atoms with E-state index in [-0.39, 0.29) is 29.1 Å². The van der Waals surface area contributed by atoms with Crippen LogP contribution >= 0.6 is 0 Å². The van der Waals surface area contributed by atoms with Gasteiger partial charge in [-0.2, -0.15) is 5.26 Å². The molecule has 0 aromatic heterocycles. The van der Waals surface area contributed by atoms with Gasteiger partial charge in [0, 0.05) is 25.3 Å². The molecule has 1 heterocycles. The molecule has 2 amide bonds. The number of piperidine rings is 1. The minimum absolute atomic E-state index is 0.121. The highest BCUT2D eigenvalue weighted by Crippen LogP contribution is 2.28. The minimum atomic E-state index is -3.24. The molecule has 1 N–H and O–H groups in total.